The molecule has 7 nitrogen and oxygen atoms in total. The van der Waals surface area contributed by atoms with Gasteiger partial charge in [-0.05, 0) is 43.9 Å². The first-order valence-corrected chi connectivity index (χ1v) is 8.87. The lowest BCUT2D eigenvalue weighted by Gasteiger charge is -2.28. The highest BCUT2D eigenvalue weighted by Gasteiger charge is 2.27. The molecule has 2 aliphatic heterocycles. The molecule has 2 unspecified atom stereocenters. The lowest BCUT2D eigenvalue weighted by atomic mass is 9.83. The van der Waals surface area contributed by atoms with Gasteiger partial charge in [-0.3, -0.25) is 4.79 Å². The fourth-order valence-corrected chi connectivity index (χ4v) is 3.44. The summed E-state index contributed by atoms with van der Waals surface area (Å²) < 4.78 is 26.2. The molecule has 7 heteroatoms. The summed E-state index contributed by atoms with van der Waals surface area (Å²) in [5, 5.41) is 0. The fraction of sp³-hybridized carbons (Fsp3) is 0.882. The van der Waals surface area contributed by atoms with Crippen molar-refractivity contribution in [3.05, 3.63) is 0 Å². The maximum Gasteiger partial charge on any atom is 0.508 e. The highest BCUT2D eigenvalue weighted by atomic mass is 16.8. The summed E-state index contributed by atoms with van der Waals surface area (Å²) >= 11 is 0. The Morgan fingerprint density at radius 2 is 1.42 bits per heavy atom. The van der Waals surface area contributed by atoms with E-state index in [1.54, 1.807) is 0 Å². The number of hydrogen-bond acceptors (Lipinski definition) is 7. The van der Waals surface area contributed by atoms with Crippen LogP contribution >= 0.6 is 0 Å². The molecular formula is C17H26O7. The zero-order chi connectivity index (χ0) is 16.8. The molecule has 136 valence electrons. The smallest absolute Gasteiger partial charge is 0.460 e. The van der Waals surface area contributed by atoms with Crippen molar-refractivity contribution in [2.45, 2.75) is 50.7 Å². The largest absolute Gasteiger partial charge is 0.508 e. The Labute approximate surface area is 141 Å². The van der Waals surface area contributed by atoms with Gasteiger partial charge in [0.05, 0.1) is 13.2 Å². The second-order valence-corrected chi connectivity index (χ2v) is 6.91. The summed E-state index contributed by atoms with van der Waals surface area (Å²) in [5.74, 6) is 1.04. The third-order valence-electron chi connectivity index (χ3n) is 4.90. The molecule has 1 saturated carbocycles. The summed E-state index contributed by atoms with van der Waals surface area (Å²) in [7, 11) is 0. The summed E-state index contributed by atoms with van der Waals surface area (Å²) in [6.07, 6.45) is 4.94. The first-order chi connectivity index (χ1) is 11.7. The van der Waals surface area contributed by atoms with Gasteiger partial charge < -0.3 is 23.7 Å². The SMILES string of the molecule is O=C1CCC(COCC2CCC(COCC3COC(=O)O3)CC2)O1. The van der Waals surface area contributed by atoms with E-state index >= 15 is 0 Å². The van der Waals surface area contributed by atoms with E-state index in [4.69, 9.17) is 23.7 Å². The first kappa shape index (κ1) is 17.5. The lowest BCUT2D eigenvalue weighted by molar-refractivity contribution is -0.143. The van der Waals surface area contributed by atoms with Crippen LogP contribution in [0, 0.1) is 11.8 Å². The molecular weight excluding hydrogens is 316 g/mol. The van der Waals surface area contributed by atoms with Crippen molar-refractivity contribution < 1.29 is 33.3 Å². The quantitative estimate of drug-likeness (QED) is 0.625. The van der Waals surface area contributed by atoms with E-state index < -0.39 is 6.16 Å². The normalized spacial score (nSPS) is 33.2. The second kappa shape index (κ2) is 8.67. The van der Waals surface area contributed by atoms with Crippen LogP contribution in [0.1, 0.15) is 38.5 Å². The highest BCUT2D eigenvalue weighted by molar-refractivity contribution is 5.71. The van der Waals surface area contributed by atoms with Gasteiger partial charge in [0.25, 0.3) is 0 Å². The number of esters is 1. The van der Waals surface area contributed by atoms with Crippen molar-refractivity contribution in [3.63, 3.8) is 0 Å². The van der Waals surface area contributed by atoms with Crippen LogP contribution in [0.3, 0.4) is 0 Å². The van der Waals surface area contributed by atoms with E-state index in [0.29, 0.717) is 44.7 Å². The van der Waals surface area contributed by atoms with Crippen LogP contribution in [0.2, 0.25) is 0 Å². The van der Waals surface area contributed by atoms with Gasteiger partial charge >= 0.3 is 12.1 Å². The van der Waals surface area contributed by atoms with Crippen molar-refractivity contribution in [1.29, 1.82) is 0 Å². The lowest BCUT2D eigenvalue weighted by Crippen LogP contribution is -2.25. The molecule has 2 heterocycles. The van der Waals surface area contributed by atoms with Crippen molar-refractivity contribution in [1.82, 2.24) is 0 Å². The Balaban J connectivity index is 1.21. The van der Waals surface area contributed by atoms with Crippen molar-refractivity contribution in [2.24, 2.45) is 11.8 Å². The maximum absolute atomic E-state index is 11.0. The Bertz CT molecular complexity index is 391. The molecule has 3 rings (SSSR count). The van der Waals surface area contributed by atoms with Gasteiger partial charge in [-0.1, -0.05) is 0 Å². The Hall–Kier alpha value is -1.34. The predicted octanol–water partition coefficient (Wildman–Crippen LogP) is 2.07. The van der Waals surface area contributed by atoms with Crippen molar-refractivity contribution >= 4 is 12.1 Å². The number of hydrogen-bond donors (Lipinski definition) is 0. The molecule has 0 bridgehead atoms. The second-order valence-electron chi connectivity index (χ2n) is 6.91. The third-order valence-corrected chi connectivity index (χ3v) is 4.90. The number of rotatable bonds is 8. The third kappa shape index (κ3) is 5.34. The van der Waals surface area contributed by atoms with Crippen LogP contribution in [0.4, 0.5) is 4.79 Å². The molecule has 0 amide bonds. The summed E-state index contributed by atoms with van der Waals surface area (Å²) in [4.78, 5) is 21.8. The van der Waals surface area contributed by atoms with Gasteiger partial charge in [0, 0.05) is 19.6 Å². The van der Waals surface area contributed by atoms with E-state index in [2.05, 4.69) is 0 Å². The van der Waals surface area contributed by atoms with Crippen molar-refractivity contribution in [2.75, 3.05) is 33.0 Å². The fourth-order valence-electron chi connectivity index (χ4n) is 3.44. The Morgan fingerprint density at radius 1 is 0.792 bits per heavy atom. The average Bonchev–Trinajstić information content (AvgIpc) is 3.17. The number of cyclic esters (lactones) is 3. The van der Waals surface area contributed by atoms with Gasteiger partial charge in [0.15, 0.2) is 6.10 Å². The van der Waals surface area contributed by atoms with E-state index in [9.17, 15) is 9.59 Å². The Morgan fingerprint density at radius 3 is 1.92 bits per heavy atom. The predicted molar refractivity (Wildman–Crippen MR) is 82.4 cm³/mol. The molecule has 0 N–H and O–H groups in total. The number of carbonyl (C=O) groups is 2. The molecule has 24 heavy (non-hydrogen) atoms. The molecule has 1 aliphatic carbocycles. The van der Waals surface area contributed by atoms with Crippen LogP contribution in [0.25, 0.3) is 0 Å². The van der Waals surface area contributed by atoms with Gasteiger partial charge in [0.2, 0.25) is 0 Å². The monoisotopic (exact) mass is 342 g/mol. The van der Waals surface area contributed by atoms with Crippen molar-refractivity contribution in [3.8, 4) is 0 Å². The van der Waals surface area contributed by atoms with Gasteiger partial charge in [-0.15, -0.1) is 0 Å². The minimum atomic E-state index is -0.600. The standard InChI is InChI=1S/C17H26O7/c18-16-6-5-14(23-16)9-20-7-12-1-3-13(4-2-12)8-21-10-15-11-22-17(19)24-15/h12-15H,1-11H2. The molecule has 0 radical (unpaired) electrons. The average molecular weight is 342 g/mol. The Kier molecular flexibility index (Phi) is 6.31. The van der Waals surface area contributed by atoms with Gasteiger partial charge in [-0.2, -0.15) is 0 Å². The summed E-state index contributed by atoms with van der Waals surface area (Å²) in [6.45, 7) is 2.68. The van der Waals surface area contributed by atoms with Crippen LogP contribution in [-0.2, 0) is 28.5 Å². The molecule has 0 aromatic rings. The molecule has 2 saturated heterocycles. The van der Waals surface area contributed by atoms with Gasteiger partial charge in [0.1, 0.15) is 12.7 Å². The molecule has 0 aromatic carbocycles. The zero-order valence-corrected chi connectivity index (χ0v) is 13.9. The van der Waals surface area contributed by atoms with E-state index in [1.165, 1.54) is 0 Å². The van der Waals surface area contributed by atoms with E-state index in [-0.39, 0.29) is 18.2 Å². The maximum atomic E-state index is 11.0. The molecule has 3 fully saturated rings. The van der Waals surface area contributed by atoms with E-state index in [0.717, 1.165) is 38.7 Å². The first-order valence-electron chi connectivity index (χ1n) is 8.87. The van der Waals surface area contributed by atoms with Crippen LogP contribution < -0.4 is 0 Å². The topological polar surface area (TPSA) is 80.3 Å². The number of ether oxygens (including phenoxy) is 5. The number of carbonyl (C=O) groups excluding carboxylic acids is 2. The van der Waals surface area contributed by atoms with E-state index in [1.807, 2.05) is 0 Å². The minimum Gasteiger partial charge on any atom is -0.460 e. The molecule has 3 aliphatic rings. The van der Waals surface area contributed by atoms with Crippen LogP contribution in [-0.4, -0.2) is 57.4 Å². The van der Waals surface area contributed by atoms with Crippen LogP contribution in [0.5, 0.6) is 0 Å². The molecule has 0 spiro atoms. The summed E-state index contributed by atoms with van der Waals surface area (Å²) in [5.41, 5.74) is 0. The molecule has 0 aromatic heterocycles. The van der Waals surface area contributed by atoms with Gasteiger partial charge in [-0.25, -0.2) is 4.79 Å². The zero-order valence-electron chi connectivity index (χ0n) is 13.9. The van der Waals surface area contributed by atoms with Crippen LogP contribution in [0.15, 0.2) is 0 Å². The highest BCUT2D eigenvalue weighted by Crippen LogP contribution is 2.29. The summed E-state index contributed by atoms with van der Waals surface area (Å²) in [6, 6.07) is 0. The minimum absolute atomic E-state index is 0.0455. The molecule has 2 atom stereocenters.